The number of rotatable bonds is 15. The van der Waals surface area contributed by atoms with Crippen LogP contribution in [0.5, 0.6) is 0 Å². The molecule has 6 bridgehead atoms. The molecule has 12 atom stereocenters. The zero-order valence-electron chi connectivity index (χ0n) is 59.2. The van der Waals surface area contributed by atoms with E-state index in [2.05, 4.69) is 34.2 Å². The van der Waals surface area contributed by atoms with E-state index in [1.807, 2.05) is 133 Å². The molecule has 7 aliphatic rings. The number of hydrogen-bond donors (Lipinski definition) is 3. The van der Waals surface area contributed by atoms with Crippen LogP contribution in [0.25, 0.3) is 22.3 Å². The molecule has 0 spiro atoms. The first-order valence-corrected chi connectivity index (χ1v) is 35.0. The van der Waals surface area contributed by atoms with Crippen molar-refractivity contribution >= 4 is 42.5 Å². The molecule has 7 fully saturated rings. The molecule has 3 N–H and O–H groups in total. The smallest absolute Gasteiger partial charge is 0.444 e. The van der Waals surface area contributed by atoms with E-state index in [1.165, 1.54) is 30.7 Å². The molecule has 5 aromatic carbocycles. The molecule has 0 radical (unpaired) electrons. The van der Waals surface area contributed by atoms with Gasteiger partial charge in [0.05, 0.1) is 40.5 Å². The quantitative estimate of drug-likeness (QED) is 0.0822. The predicted molar refractivity (Wildman–Crippen MR) is 374 cm³/mol. The lowest BCUT2D eigenvalue weighted by Gasteiger charge is -2.35. The zero-order valence-corrected chi connectivity index (χ0v) is 59.2. The number of ether oxygens (including phenoxy) is 2. The first-order chi connectivity index (χ1) is 47.9. The highest BCUT2D eigenvalue weighted by Crippen LogP contribution is 2.49. The van der Waals surface area contributed by atoms with Crippen LogP contribution in [0, 0.1) is 97.9 Å². The Labute approximate surface area is 591 Å². The van der Waals surface area contributed by atoms with Crippen LogP contribution < -0.4 is 21.4 Å². The van der Waals surface area contributed by atoms with Gasteiger partial charge in [-0.05, 0) is 219 Å². The average molecular weight is 1370 g/mol. The molecule has 5 amide bonds. The number of nitrogens with one attached hydrogen (secondary N) is 3. The molecular weight excluding hydrogens is 1280 g/mol. The van der Waals surface area contributed by atoms with Gasteiger partial charge in [-0.3, -0.25) is 24.2 Å². The summed E-state index contributed by atoms with van der Waals surface area (Å²) in [5.74, 6) is -0.265. The third kappa shape index (κ3) is 17.6. The third-order valence-corrected chi connectivity index (χ3v) is 21.0. The van der Waals surface area contributed by atoms with E-state index in [9.17, 15) is 48.5 Å². The fourth-order valence-corrected chi connectivity index (χ4v) is 15.3. The van der Waals surface area contributed by atoms with E-state index < -0.39 is 83.6 Å². The van der Waals surface area contributed by atoms with Gasteiger partial charge in [0.2, 0.25) is 17.7 Å². The fourth-order valence-electron chi connectivity index (χ4n) is 15.3. The van der Waals surface area contributed by atoms with E-state index in [4.69, 9.17) is 29.3 Å². The summed E-state index contributed by atoms with van der Waals surface area (Å²) < 4.78 is 50.5. The number of amides is 5. The minimum absolute atomic E-state index is 0.0123. The van der Waals surface area contributed by atoms with Gasteiger partial charge < -0.3 is 34.7 Å². The van der Waals surface area contributed by atoms with Crippen molar-refractivity contribution in [2.45, 2.75) is 217 Å². The van der Waals surface area contributed by atoms with Gasteiger partial charge in [0.25, 0.3) is 0 Å². The minimum atomic E-state index is -0.765. The Kier molecular flexibility index (Phi) is 22.5. The lowest BCUT2D eigenvalue weighted by atomic mass is 9.78. The van der Waals surface area contributed by atoms with Crippen LogP contribution in [-0.2, 0) is 52.4 Å². The van der Waals surface area contributed by atoms with Crippen molar-refractivity contribution in [3.05, 3.63) is 149 Å². The lowest BCUT2D eigenvalue weighted by Crippen LogP contribution is -2.55. The molecule has 0 unspecified atom stereocenters. The van der Waals surface area contributed by atoms with Gasteiger partial charge in [0.1, 0.15) is 65.2 Å². The van der Waals surface area contributed by atoms with Crippen LogP contribution in [-0.4, -0.2) is 112 Å². The zero-order chi connectivity index (χ0) is 72.9. The van der Waals surface area contributed by atoms with Crippen LogP contribution in [0.1, 0.15) is 161 Å². The summed E-state index contributed by atoms with van der Waals surface area (Å²) in [6, 6.07) is 38.5. The van der Waals surface area contributed by atoms with Crippen molar-refractivity contribution in [1.29, 1.82) is 26.3 Å². The molecule has 0 aromatic heterocycles. The van der Waals surface area contributed by atoms with Crippen LogP contribution in [0.15, 0.2) is 109 Å². The molecule has 12 rings (SSSR count). The average Bonchev–Trinajstić information content (AvgIpc) is 1.62. The molecule has 4 aliphatic carbocycles. The Hall–Kier alpha value is -9.66. The predicted octanol–water partition coefficient (Wildman–Crippen LogP) is 12.4. The van der Waals surface area contributed by atoms with Gasteiger partial charge >= 0.3 is 19.3 Å². The molecule has 19 nitrogen and oxygen atoms in total. The maximum absolute atomic E-state index is 13.6. The van der Waals surface area contributed by atoms with Crippen LogP contribution >= 0.6 is 0 Å². The van der Waals surface area contributed by atoms with Crippen LogP contribution in [0.4, 0.5) is 18.4 Å². The normalized spacial score (nSPS) is 23.9. The van der Waals surface area contributed by atoms with Gasteiger partial charge in [-0.2, -0.15) is 26.3 Å². The van der Waals surface area contributed by atoms with Gasteiger partial charge in [0.15, 0.2) is 0 Å². The Bertz CT molecular complexity index is 4110. The summed E-state index contributed by atoms with van der Waals surface area (Å²) in [5.41, 5.74) is 4.60. The highest BCUT2D eigenvalue weighted by molar-refractivity contribution is 6.62. The maximum Gasteiger partial charge on any atom is 0.494 e. The number of fused-ring (bicyclic) bond motifs is 6. The monoisotopic (exact) mass is 1370 g/mol. The molecular formula is C79H89BF2N10O9. The number of hydrogen-bond acceptors (Lipinski definition) is 14. The van der Waals surface area contributed by atoms with E-state index >= 15 is 0 Å². The molecule has 3 heterocycles. The second-order valence-corrected chi connectivity index (χ2v) is 30.9. The van der Waals surface area contributed by atoms with Crippen molar-refractivity contribution in [2.75, 3.05) is 0 Å². The number of carbonyl (C=O) groups is 5. The number of nitriles is 5. The van der Waals surface area contributed by atoms with Crippen molar-refractivity contribution in [2.24, 2.45) is 29.6 Å². The van der Waals surface area contributed by atoms with Crippen LogP contribution in [0.2, 0.25) is 0 Å². The Morgan fingerprint density at radius 1 is 0.505 bits per heavy atom. The van der Waals surface area contributed by atoms with E-state index in [0.717, 1.165) is 96.6 Å². The molecule has 3 aliphatic heterocycles. The number of nitrogens with zero attached hydrogens (tertiary/aromatic N) is 7. The molecule has 22 heteroatoms. The summed E-state index contributed by atoms with van der Waals surface area (Å²) in [6.07, 6.45) is 9.73. The summed E-state index contributed by atoms with van der Waals surface area (Å²) >= 11 is 0. The Morgan fingerprint density at radius 2 is 0.871 bits per heavy atom. The molecule has 4 saturated carbocycles. The van der Waals surface area contributed by atoms with E-state index in [-0.39, 0.29) is 58.7 Å². The van der Waals surface area contributed by atoms with E-state index in [1.54, 1.807) is 42.7 Å². The van der Waals surface area contributed by atoms with Crippen molar-refractivity contribution in [1.82, 2.24) is 25.8 Å². The lowest BCUT2D eigenvalue weighted by molar-refractivity contribution is -0.128. The largest absolute Gasteiger partial charge is 0.494 e. The van der Waals surface area contributed by atoms with E-state index in [0.29, 0.717) is 36.7 Å². The second kappa shape index (κ2) is 30.7. The second-order valence-electron chi connectivity index (χ2n) is 30.9. The maximum atomic E-state index is 13.6. The fraction of sp³-hybridized carbons (Fsp3) is 0.494. The molecule has 526 valence electrons. The van der Waals surface area contributed by atoms with Gasteiger partial charge in [-0.1, -0.05) is 91.3 Å². The number of carbonyl (C=O) groups excluding carboxylic acids is 5. The Balaban J connectivity index is 0.000000164. The van der Waals surface area contributed by atoms with Crippen molar-refractivity contribution in [3.63, 3.8) is 0 Å². The van der Waals surface area contributed by atoms with Crippen molar-refractivity contribution < 1.29 is 51.5 Å². The van der Waals surface area contributed by atoms with Gasteiger partial charge in [-0.15, -0.1) is 0 Å². The number of benzene rings is 5. The van der Waals surface area contributed by atoms with Gasteiger partial charge in [0, 0.05) is 37.3 Å². The SMILES string of the molecule is CC(C)(C)OC(=O)N1[C@@H]2CC[C@@H](C2)[C@H]1C(=O)N[C@H](C#N)Cc1ccc(-c2ccc(F)c(C#N)c2)cc1.CC(C)(C)OC(=O)N1[C@@H]2CC[C@@H](C2)[C@H]1C(=O)N[C@H](C#N)Cc1ccc(B2OC(C)(C)C(C)(C)O2)cc1.N#Cc1cc(-c2ccc(C[C@@H](C#N)NC(=O)[C@H]3C[C@@H]4CC[C@H]3C4)cc2)ccc1F. The summed E-state index contributed by atoms with van der Waals surface area (Å²) in [7, 11) is -0.452. The topological polar surface area (TPSA) is 284 Å². The standard InChI is InChI=1S/C28H29FN4O3.C27H38BN3O5.C24H22FN3O/c1-28(2,3)36-27(35)33-23-10-8-20(14-23)25(33)26(34)32-22(16-31)12-17-4-6-18(7-5-17)19-9-11-24(29)21(13-19)15-30;1-25(2,3)34-24(33)31-21-13-10-18(15-21)22(31)23(32)30-20(16-29)14-17-8-11-19(12-9-17)28-35-26(4,5)27(6,7)36-28;25-23-8-7-18(12-20(23)13-26)17-4-1-15(2-5-17)10-21(14-27)28-24(29)22-11-16-3-6-19(22)9-16/h4-7,9,11,13,20,22-23,25H,8,10,12,14H2,1-3H3,(H,32,34);8-9,11-12,18,20-22H,10,13-15H2,1-7H3,(H,30,32);1-2,4-5,7-8,12,16,19,21-22H,3,6,9-11H2,(H,28,29)/t20-,22-,23+,25-;18-,20-,21+,22-;16-,19+,21+,22+/m001/s1. The summed E-state index contributed by atoms with van der Waals surface area (Å²) in [6.45, 7) is 18.9. The first kappa shape index (κ1) is 74.0. The van der Waals surface area contributed by atoms with Gasteiger partial charge in [-0.25, -0.2) is 18.4 Å². The Morgan fingerprint density at radius 3 is 1.22 bits per heavy atom. The highest BCUT2D eigenvalue weighted by Gasteiger charge is 2.55. The third-order valence-electron chi connectivity index (χ3n) is 21.0. The van der Waals surface area contributed by atoms with Crippen LogP contribution in [0.3, 0.4) is 0 Å². The van der Waals surface area contributed by atoms with Crippen molar-refractivity contribution in [3.8, 4) is 52.6 Å². The molecule has 101 heavy (non-hydrogen) atoms. The molecule has 3 saturated heterocycles. The number of likely N-dealkylation sites (tertiary alicyclic amines) is 2. The first-order valence-electron chi connectivity index (χ1n) is 35.0. The number of halogens is 2. The molecule has 5 aromatic rings. The highest BCUT2D eigenvalue weighted by atomic mass is 19.1. The summed E-state index contributed by atoms with van der Waals surface area (Å²) in [4.78, 5) is 68.0. The minimum Gasteiger partial charge on any atom is -0.444 e. The summed E-state index contributed by atoms with van der Waals surface area (Å²) in [5, 5.41) is 55.7. The number of piperidine rings is 2.